The standard InChI is InChI=1S/C12H17BO3/c1-8(13-3)4-5-11-9(2)12(15)10(6-14)7-16-11/h4-5,7-8,13-14H,6H2,1-3H3/b5-4-. The Balaban J connectivity index is 3.04. The van der Waals surface area contributed by atoms with Crippen LogP contribution in [0.5, 0.6) is 0 Å². The fraction of sp³-hybridized carbons (Fsp3) is 0.417. The van der Waals surface area contributed by atoms with Crippen LogP contribution in [0.3, 0.4) is 0 Å². The van der Waals surface area contributed by atoms with Gasteiger partial charge >= 0.3 is 0 Å². The molecule has 1 atom stereocenters. The Morgan fingerprint density at radius 3 is 2.88 bits per heavy atom. The Morgan fingerprint density at radius 1 is 1.62 bits per heavy atom. The highest BCUT2D eigenvalue weighted by Crippen LogP contribution is 2.11. The lowest BCUT2D eigenvalue weighted by atomic mass is 9.68. The van der Waals surface area contributed by atoms with E-state index in [1.54, 1.807) is 6.92 Å². The second-order valence-electron chi connectivity index (χ2n) is 3.98. The van der Waals surface area contributed by atoms with Crippen LogP contribution in [0.2, 0.25) is 12.6 Å². The van der Waals surface area contributed by atoms with Gasteiger partial charge in [0.2, 0.25) is 0 Å². The van der Waals surface area contributed by atoms with E-state index in [2.05, 4.69) is 13.7 Å². The predicted molar refractivity (Wildman–Crippen MR) is 67.1 cm³/mol. The molecule has 86 valence electrons. The van der Waals surface area contributed by atoms with E-state index in [0.717, 1.165) is 7.28 Å². The van der Waals surface area contributed by atoms with Gasteiger partial charge in [0.1, 0.15) is 19.3 Å². The molecule has 1 heterocycles. The zero-order valence-corrected chi connectivity index (χ0v) is 9.99. The Labute approximate surface area is 96.0 Å². The number of aliphatic hydroxyl groups excluding tert-OH is 1. The summed E-state index contributed by atoms with van der Waals surface area (Å²) in [6, 6.07) is 0. The molecule has 0 bridgehead atoms. The van der Waals surface area contributed by atoms with Crippen molar-refractivity contribution in [3.05, 3.63) is 39.4 Å². The predicted octanol–water partition coefficient (Wildman–Crippen LogP) is 1.75. The molecule has 1 aromatic heterocycles. The van der Waals surface area contributed by atoms with Crippen molar-refractivity contribution in [2.45, 2.75) is 33.1 Å². The van der Waals surface area contributed by atoms with Crippen LogP contribution < -0.4 is 5.43 Å². The number of allylic oxidation sites excluding steroid dienone is 1. The van der Waals surface area contributed by atoms with Crippen LogP contribution in [0.1, 0.15) is 23.8 Å². The van der Waals surface area contributed by atoms with E-state index in [9.17, 15) is 4.79 Å². The lowest BCUT2D eigenvalue weighted by molar-refractivity contribution is 0.276. The summed E-state index contributed by atoms with van der Waals surface area (Å²) in [6.45, 7) is 5.64. The van der Waals surface area contributed by atoms with E-state index >= 15 is 0 Å². The molecule has 4 heteroatoms. The second-order valence-corrected chi connectivity index (χ2v) is 3.98. The van der Waals surface area contributed by atoms with Gasteiger partial charge in [-0.1, -0.05) is 25.6 Å². The molecule has 0 saturated carbocycles. The van der Waals surface area contributed by atoms with Crippen LogP contribution >= 0.6 is 0 Å². The fourth-order valence-electron chi connectivity index (χ4n) is 1.29. The minimum Gasteiger partial charge on any atom is -0.464 e. The molecule has 0 aromatic carbocycles. The van der Waals surface area contributed by atoms with E-state index in [1.807, 2.05) is 12.2 Å². The molecular weight excluding hydrogens is 203 g/mol. The molecule has 1 rings (SSSR count). The van der Waals surface area contributed by atoms with Gasteiger partial charge in [-0.3, -0.25) is 4.79 Å². The fourth-order valence-corrected chi connectivity index (χ4v) is 1.29. The van der Waals surface area contributed by atoms with Gasteiger partial charge in [0.25, 0.3) is 0 Å². The first-order chi connectivity index (χ1) is 7.60. The molecule has 3 nitrogen and oxygen atoms in total. The van der Waals surface area contributed by atoms with Gasteiger partial charge in [-0.2, -0.15) is 0 Å². The first kappa shape index (κ1) is 12.8. The van der Waals surface area contributed by atoms with Gasteiger partial charge in [-0.25, -0.2) is 0 Å². The van der Waals surface area contributed by atoms with Crippen LogP contribution in [0, 0.1) is 6.92 Å². The van der Waals surface area contributed by atoms with Crippen molar-refractivity contribution in [1.82, 2.24) is 0 Å². The summed E-state index contributed by atoms with van der Waals surface area (Å²) in [5.74, 6) is 1.03. The Morgan fingerprint density at radius 2 is 2.31 bits per heavy atom. The molecule has 1 aromatic rings. The van der Waals surface area contributed by atoms with Gasteiger partial charge in [-0.15, -0.1) is 0 Å². The minimum absolute atomic E-state index is 0.141. The minimum atomic E-state index is -0.279. The number of hydrogen-bond donors (Lipinski definition) is 1. The first-order valence-corrected chi connectivity index (χ1v) is 5.50. The van der Waals surface area contributed by atoms with Crippen LogP contribution in [0.15, 0.2) is 21.6 Å². The topological polar surface area (TPSA) is 50.4 Å². The van der Waals surface area contributed by atoms with Crippen molar-refractivity contribution in [2.24, 2.45) is 0 Å². The molecule has 0 aliphatic rings. The third-order valence-electron chi connectivity index (χ3n) is 2.72. The molecule has 0 spiro atoms. The number of hydrogen-bond acceptors (Lipinski definition) is 3. The molecule has 0 aliphatic heterocycles. The lowest BCUT2D eigenvalue weighted by Gasteiger charge is -2.02. The summed E-state index contributed by atoms with van der Waals surface area (Å²) in [7, 11) is 1.05. The normalized spacial score (nSPS) is 13.0. The molecule has 1 unspecified atom stereocenters. The van der Waals surface area contributed by atoms with Gasteiger partial charge in [0.05, 0.1) is 12.2 Å². The van der Waals surface area contributed by atoms with Crippen molar-refractivity contribution in [2.75, 3.05) is 0 Å². The van der Waals surface area contributed by atoms with Crippen molar-refractivity contribution < 1.29 is 9.52 Å². The van der Waals surface area contributed by atoms with E-state index < -0.39 is 0 Å². The summed E-state index contributed by atoms with van der Waals surface area (Å²) >= 11 is 0. The SMILES string of the molecule is CBC(C)/C=C\c1occ(CO)c(=O)c1C. The maximum atomic E-state index is 11.7. The highest BCUT2D eigenvalue weighted by molar-refractivity contribution is 6.36. The smallest absolute Gasteiger partial charge is 0.193 e. The summed E-state index contributed by atoms with van der Waals surface area (Å²) < 4.78 is 5.31. The molecule has 0 fully saturated rings. The third kappa shape index (κ3) is 2.86. The van der Waals surface area contributed by atoms with Gasteiger partial charge < -0.3 is 9.52 Å². The molecule has 0 saturated heterocycles. The lowest BCUT2D eigenvalue weighted by Crippen LogP contribution is -2.12. The molecule has 16 heavy (non-hydrogen) atoms. The van der Waals surface area contributed by atoms with E-state index in [0.29, 0.717) is 22.7 Å². The monoisotopic (exact) mass is 220 g/mol. The maximum Gasteiger partial charge on any atom is 0.193 e. The van der Waals surface area contributed by atoms with E-state index in [1.165, 1.54) is 6.26 Å². The zero-order chi connectivity index (χ0) is 12.1. The summed E-state index contributed by atoms with van der Waals surface area (Å²) in [5, 5.41) is 8.91. The third-order valence-corrected chi connectivity index (χ3v) is 2.72. The van der Waals surface area contributed by atoms with Crippen LogP contribution in [-0.2, 0) is 6.61 Å². The largest absolute Gasteiger partial charge is 0.464 e. The molecule has 1 N–H and O–H groups in total. The average molecular weight is 220 g/mol. The average Bonchev–Trinajstić information content (AvgIpc) is 2.30. The van der Waals surface area contributed by atoms with Crippen LogP contribution in [0.25, 0.3) is 6.08 Å². The molecule has 0 amide bonds. The maximum absolute atomic E-state index is 11.7. The van der Waals surface area contributed by atoms with Gasteiger partial charge in [0, 0.05) is 5.56 Å². The van der Waals surface area contributed by atoms with Gasteiger partial charge in [0.15, 0.2) is 5.43 Å². The number of rotatable bonds is 4. The van der Waals surface area contributed by atoms with E-state index in [-0.39, 0.29) is 12.0 Å². The van der Waals surface area contributed by atoms with Crippen molar-refractivity contribution >= 4 is 13.4 Å². The summed E-state index contributed by atoms with van der Waals surface area (Å²) in [5.41, 5.74) is 0.710. The number of aliphatic hydroxyl groups is 1. The second kappa shape index (κ2) is 5.70. The zero-order valence-electron chi connectivity index (χ0n) is 9.99. The molecule has 0 aliphatic carbocycles. The summed E-state index contributed by atoms with van der Waals surface area (Å²) in [4.78, 5) is 11.7. The van der Waals surface area contributed by atoms with Crippen LogP contribution in [0.4, 0.5) is 0 Å². The quantitative estimate of drug-likeness (QED) is 0.786. The van der Waals surface area contributed by atoms with Crippen molar-refractivity contribution in [3.63, 3.8) is 0 Å². The van der Waals surface area contributed by atoms with Gasteiger partial charge in [-0.05, 0) is 13.0 Å². The Hall–Kier alpha value is -1.29. The highest BCUT2D eigenvalue weighted by Gasteiger charge is 2.07. The Bertz CT molecular complexity index is 434. The first-order valence-electron chi connectivity index (χ1n) is 5.50. The molecular formula is C12H17BO3. The van der Waals surface area contributed by atoms with Crippen molar-refractivity contribution in [3.8, 4) is 0 Å². The Kier molecular flexibility index (Phi) is 4.56. The highest BCUT2D eigenvalue weighted by atomic mass is 16.3. The van der Waals surface area contributed by atoms with Crippen LogP contribution in [-0.4, -0.2) is 12.4 Å². The molecule has 0 radical (unpaired) electrons. The van der Waals surface area contributed by atoms with Crippen molar-refractivity contribution in [1.29, 1.82) is 0 Å². The summed E-state index contributed by atoms with van der Waals surface area (Å²) in [6.07, 6.45) is 5.17. The van der Waals surface area contributed by atoms with E-state index in [4.69, 9.17) is 9.52 Å².